The number of unbranched alkanes of at least 4 members (excludes halogenated alkanes) is 1. The van der Waals surface area contributed by atoms with Gasteiger partial charge in [-0.2, -0.15) is 0 Å². The lowest BCUT2D eigenvalue weighted by molar-refractivity contribution is 0.285. The molecular formula is C11H16N2OS. The number of nitrogens with two attached hydrogens (primary N) is 1. The first-order chi connectivity index (χ1) is 7.31. The molecule has 0 spiro atoms. The molecule has 1 unspecified atom stereocenters. The van der Waals surface area contributed by atoms with Gasteiger partial charge in [0.1, 0.15) is 23.1 Å². The predicted octanol–water partition coefficient (Wildman–Crippen LogP) is 2.40. The normalized spacial score (nSPS) is 20.1. The number of thiophene rings is 1. The molecule has 82 valence electrons. The Labute approximate surface area is 94.0 Å². The number of aliphatic imine (C=N–C) groups is 1. The SMILES string of the molecule is CCCCC1COc2ccsc2C(N)=N1. The van der Waals surface area contributed by atoms with E-state index in [0.717, 1.165) is 17.0 Å². The second-order valence-electron chi connectivity index (χ2n) is 3.74. The van der Waals surface area contributed by atoms with Crippen molar-refractivity contribution in [1.82, 2.24) is 0 Å². The number of amidine groups is 1. The highest BCUT2D eigenvalue weighted by atomic mass is 32.1. The molecule has 2 rings (SSSR count). The first-order valence-electron chi connectivity index (χ1n) is 5.35. The molecular weight excluding hydrogens is 208 g/mol. The summed E-state index contributed by atoms with van der Waals surface area (Å²) in [5.41, 5.74) is 5.93. The molecule has 0 fully saturated rings. The van der Waals surface area contributed by atoms with Gasteiger partial charge in [0.2, 0.25) is 0 Å². The van der Waals surface area contributed by atoms with Crippen molar-refractivity contribution in [2.75, 3.05) is 6.61 Å². The maximum Gasteiger partial charge on any atom is 0.141 e. The Morgan fingerprint density at radius 1 is 1.67 bits per heavy atom. The number of rotatable bonds is 3. The Bertz CT molecular complexity index is 359. The van der Waals surface area contributed by atoms with Gasteiger partial charge >= 0.3 is 0 Å². The minimum absolute atomic E-state index is 0.226. The van der Waals surface area contributed by atoms with Crippen molar-refractivity contribution < 1.29 is 4.74 Å². The molecule has 1 aliphatic rings. The van der Waals surface area contributed by atoms with Gasteiger partial charge in [-0.25, -0.2) is 0 Å². The van der Waals surface area contributed by atoms with Crippen molar-refractivity contribution in [3.05, 3.63) is 16.3 Å². The number of hydrogen-bond acceptors (Lipinski definition) is 4. The summed E-state index contributed by atoms with van der Waals surface area (Å²) in [6, 6.07) is 2.19. The van der Waals surface area contributed by atoms with E-state index in [4.69, 9.17) is 10.5 Å². The molecule has 0 radical (unpaired) electrons. The van der Waals surface area contributed by atoms with Crippen LogP contribution in [-0.4, -0.2) is 18.5 Å². The van der Waals surface area contributed by atoms with E-state index in [1.54, 1.807) is 11.3 Å². The Morgan fingerprint density at radius 3 is 3.33 bits per heavy atom. The zero-order chi connectivity index (χ0) is 10.7. The molecule has 1 aromatic rings. The van der Waals surface area contributed by atoms with Crippen LogP contribution >= 0.6 is 11.3 Å². The Kier molecular flexibility index (Phi) is 3.26. The predicted molar refractivity (Wildman–Crippen MR) is 63.9 cm³/mol. The Morgan fingerprint density at radius 2 is 2.53 bits per heavy atom. The third-order valence-electron chi connectivity index (χ3n) is 2.51. The topological polar surface area (TPSA) is 47.6 Å². The van der Waals surface area contributed by atoms with E-state index >= 15 is 0 Å². The van der Waals surface area contributed by atoms with Gasteiger partial charge in [-0.3, -0.25) is 4.99 Å². The van der Waals surface area contributed by atoms with Gasteiger partial charge in [-0.15, -0.1) is 11.3 Å². The Balaban J connectivity index is 2.11. The summed E-state index contributed by atoms with van der Waals surface area (Å²) in [5.74, 6) is 1.53. The monoisotopic (exact) mass is 224 g/mol. The number of hydrogen-bond donors (Lipinski definition) is 1. The summed E-state index contributed by atoms with van der Waals surface area (Å²) in [6.45, 7) is 2.84. The number of nitrogens with zero attached hydrogens (tertiary/aromatic N) is 1. The van der Waals surface area contributed by atoms with Crippen LogP contribution in [0.15, 0.2) is 16.4 Å². The number of fused-ring (bicyclic) bond motifs is 1. The third-order valence-corrected chi connectivity index (χ3v) is 3.42. The van der Waals surface area contributed by atoms with Crippen LogP contribution in [0.4, 0.5) is 0 Å². The summed E-state index contributed by atoms with van der Waals surface area (Å²) in [4.78, 5) is 5.49. The third kappa shape index (κ3) is 2.31. The molecule has 1 atom stereocenters. The zero-order valence-corrected chi connectivity index (χ0v) is 9.72. The summed E-state index contributed by atoms with van der Waals surface area (Å²) < 4.78 is 5.68. The van der Waals surface area contributed by atoms with Gasteiger partial charge in [0.05, 0.1) is 6.04 Å². The molecule has 2 N–H and O–H groups in total. The molecule has 0 saturated heterocycles. The van der Waals surface area contributed by atoms with Crippen molar-refractivity contribution in [2.24, 2.45) is 10.7 Å². The van der Waals surface area contributed by atoms with E-state index < -0.39 is 0 Å². The molecule has 4 heteroatoms. The quantitative estimate of drug-likeness (QED) is 0.857. The maximum atomic E-state index is 5.93. The molecule has 0 saturated carbocycles. The van der Waals surface area contributed by atoms with E-state index in [0.29, 0.717) is 12.4 Å². The van der Waals surface area contributed by atoms with Crippen molar-refractivity contribution >= 4 is 17.2 Å². The summed E-state index contributed by atoms with van der Waals surface area (Å²) >= 11 is 1.59. The fourth-order valence-electron chi connectivity index (χ4n) is 1.66. The van der Waals surface area contributed by atoms with Crippen LogP contribution in [0.2, 0.25) is 0 Å². The van der Waals surface area contributed by atoms with E-state index in [-0.39, 0.29) is 6.04 Å². The Hall–Kier alpha value is -1.03. The van der Waals surface area contributed by atoms with E-state index in [1.807, 2.05) is 11.4 Å². The van der Waals surface area contributed by atoms with Crippen LogP contribution in [0.3, 0.4) is 0 Å². The van der Waals surface area contributed by atoms with Gasteiger partial charge in [0.15, 0.2) is 0 Å². The maximum absolute atomic E-state index is 5.93. The minimum atomic E-state index is 0.226. The second kappa shape index (κ2) is 4.66. The molecule has 0 aliphatic carbocycles. The summed E-state index contributed by atoms with van der Waals surface area (Å²) in [6.07, 6.45) is 3.43. The van der Waals surface area contributed by atoms with Crippen LogP contribution < -0.4 is 10.5 Å². The lowest BCUT2D eigenvalue weighted by Crippen LogP contribution is -2.18. The van der Waals surface area contributed by atoms with Gasteiger partial charge in [-0.05, 0) is 17.9 Å². The van der Waals surface area contributed by atoms with Crippen LogP contribution in [0.25, 0.3) is 0 Å². The first-order valence-corrected chi connectivity index (χ1v) is 6.23. The largest absolute Gasteiger partial charge is 0.490 e. The highest BCUT2D eigenvalue weighted by Gasteiger charge is 2.18. The molecule has 0 aromatic carbocycles. The smallest absolute Gasteiger partial charge is 0.141 e. The van der Waals surface area contributed by atoms with Gasteiger partial charge < -0.3 is 10.5 Å². The van der Waals surface area contributed by atoms with Crippen LogP contribution in [0, 0.1) is 0 Å². The fourth-order valence-corrected chi connectivity index (χ4v) is 2.41. The van der Waals surface area contributed by atoms with E-state index in [1.165, 1.54) is 12.8 Å². The van der Waals surface area contributed by atoms with Crippen molar-refractivity contribution in [1.29, 1.82) is 0 Å². The van der Waals surface area contributed by atoms with E-state index in [2.05, 4.69) is 11.9 Å². The number of ether oxygens (including phenoxy) is 1. The van der Waals surface area contributed by atoms with Crippen LogP contribution in [-0.2, 0) is 0 Å². The van der Waals surface area contributed by atoms with E-state index in [9.17, 15) is 0 Å². The lowest BCUT2D eigenvalue weighted by Gasteiger charge is -2.09. The van der Waals surface area contributed by atoms with Crippen molar-refractivity contribution in [3.8, 4) is 5.75 Å². The molecule has 0 amide bonds. The molecule has 3 nitrogen and oxygen atoms in total. The van der Waals surface area contributed by atoms with Gasteiger partial charge in [0.25, 0.3) is 0 Å². The highest BCUT2D eigenvalue weighted by molar-refractivity contribution is 7.12. The molecule has 1 aromatic heterocycles. The molecule has 0 bridgehead atoms. The fraction of sp³-hybridized carbons (Fsp3) is 0.545. The van der Waals surface area contributed by atoms with Crippen molar-refractivity contribution in [2.45, 2.75) is 32.2 Å². The summed E-state index contributed by atoms with van der Waals surface area (Å²) in [7, 11) is 0. The highest BCUT2D eigenvalue weighted by Crippen LogP contribution is 2.27. The average Bonchev–Trinajstić information content (AvgIpc) is 2.65. The van der Waals surface area contributed by atoms with Crippen LogP contribution in [0.1, 0.15) is 31.1 Å². The second-order valence-corrected chi connectivity index (χ2v) is 4.65. The standard InChI is InChI=1S/C11H16N2OS/c1-2-3-4-8-7-14-9-5-6-15-10(9)11(12)13-8/h5-6,8H,2-4,7H2,1H3,(H2,12,13). The molecule has 15 heavy (non-hydrogen) atoms. The summed E-state index contributed by atoms with van der Waals surface area (Å²) in [5, 5.41) is 1.99. The van der Waals surface area contributed by atoms with Gasteiger partial charge in [0, 0.05) is 0 Å². The first kappa shape index (κ1) is 10.5. The minimum Gasteiger partial charge on any atom is -0.490 e. The average molecular weight is 224 g/mol. The lowest BCUT2D eigenvalue weighted by atomic mass is 10.1. The molecule has 1 aliphatic heterocycles. The zero-order valence-electron chi connectivity index (χ0n) is 8.90. The van der Waals surface area contributed by atoms with Crippen molar-refractivity contribution in [3.63, 3.8) is 0 Å². The molecule has 2 heterocycles. The van der Waals surface area contributed by atoms with Crippen LogP contribution in [0.5, 0.6) is 5.75 Å². The van der Waals surface area contributed by atoms with Gasteiger partial charge in [-0.1, -0.05) is 19.8 Å².